The van der Waals surface area contributed by atoms with Crippen molar-refractivity contribution in [3.05, 3.63) is 59.9 Å². The van der Waals surface area contributed by atoms with E-state index in [1.807, 2.05) is 0 Å². The van der Waals surface area contributed by atoms with Crippen molar-refractivity contribution in [3.63, 3.8) is 0 Å². The van der Waals surface area contributed by atoms with Crippen LogP contribution in [0.25, 0.3) is 17.0 Å². The average Bonchev–Trinajstić information content (AvgIpc) is 3.63. The van der Waals surface area contributed by atoms with E-state index in [0.29, 0.717) is 28.0 Å². The van der Waals surface area contributed by atoms with Crippen LogP contribution in [0.3, 0.4) is 0 Å². The van der Waals surface area contributed by atoms with E-state index >= 15 is 0 Å². The summed E-state index contributed by atoms with van der Waals surface area (Å²) in [6, 6.07) is 6.60. The fraction of sp³-hybridized carbons (Fsp3) is 0.286. The van der Waals surface area contributed by atoms with Crippen molar-refractivity contribution in [2.75, 3.05) is 6.61 Å². The highest BCUT2D eigenvalue weighted by Gasteiger charge is 2.44. The molecule has 0 aliphatic carbocycles. The molecule has 14 heteroatoms. The minimum Gasteiger partial charge on any atom is -0.394 e. The van der Waals surface area contributed by atoms with Gasteiger partial charge in [0.25, 0.3) is 11.8 Å². The lowest BCUT2D eigenvalue weighted by molar-refractivity contribution is -0.0511. The first-order valence-corrected chi connectivity index (χ1v) is 10.6. The number of amides is 2. The number of aliphatic hydroxyl groups excluding tert-OH is 3. The molecule has 0 spiro atoms. The van der Waals surface area contributed by atoms with E-state index in [1.54, 1.807) is 24.3 Å². The second kappa shape index (κ2) is 7.99. The summed E-state index contributed by atoms with van der Waals surface area (Å²) < 4.78 is 8.34. The molecule has 14 nitrogen and oxygen atoms in total. The monoisotopic (exact) mass is 478 g/mol. The highest BCUT2D eigenvalue weighted by atomic mass is 16.6. The van der Waals surface area contributed by atoms with Gasteiger partial charge < -0.3 is 20.1 Å². The summed E-state index contributed by atoms with van der Waals surface area (Å²) in [6.45, 7) is -0.534. The zero-order chi connectivity index (χ0) is 24.3. The van der Waals surface area contributed by atoms with Crippen LogP contribution in [-0.4, -0.2) is 91.5 Å². The van der Waals surface area contributed by atoms with Gasteiger partial charge in [-0.25, -0.2) is 15.0 Å². The van der Waals surface area contributed by atoms with E-state index in [0.717, 1.165) is 4.90 Å². The van der Waals surface area contributed by atoms with Gasteiger partial charge in [-0.15, -0.1) is 5.10 Å². The maximum atomic E-state index is 12.6. The lowest BCUT2D eigenvalue weighted by Crippen LogP contribution is -2.33. The average molecular weight is 478 g/mol. The summed E-state index contributed by atoms with van der Waals surface area (Å²) in [5.41, 5.74) is 1.65. The number of ether oxygens (including phenoxy) is 1. The van der Waals surface area contributed by atoms with Gasteiger partial charge in [-0.05, 0) is 12.1 Å². The molecule has 0 bridgehead atoms. The van der Waals surface area contributed by atoms with Gasteiger partial charge in [0, 0.05) is 0 Å². The molecule has 1 saturated heterocycles. The Morgan fingerprint density at radius 2 is 1.74 bits per heavy atom. The number of aliphatic hydroxyl groups is 3. The number of carbonyl (C=O) groups excluding carboxylic acids is 2. The molecule has 2 amide bonds. The van der Waals surface area contributed by atoms with Crippen LogP contribution in [0.15, 0.2) is 43.1 Å². The van der Waals surface area contributed by atoms with E-state index in [1.165, 1.54) is 28.1 Å². The Balaban J connectivity index is 1.29. The Hall–Kier alpha value is -4.11. The largest absolute Gasteiger partial charge is 0.394 e. The first-order chi connectivity index (χ1) is 17.0. The van der Waals surface area contributed by atoms with Crippen LogP contribution >= 0.6 is 0 Å². The number of hydrogen-bond donors (Lipinski definition) is 3. The molecular formula is C21H18N8O6. The summed E-state index contributed by atoms with van der Waals surface area (Å²) in [5.74, 6) is -0.537. The maximum absolute atomic E-state index is 12.6. The fourth-order valence-electron chi connectivity index (χ4n) is 4.32. The lowest BCUT2D eigenvalue weighted by Gasteiger charge is -2.16. The number of imide groups is 1. The van der Waals surface area contributed by atoms with Gasteiger partial charge in [0.05, 0.1) is 36.8 Å². The molecule has 3 N–H and O–H groups in total. The van der Waals surface area contributed by atoms with E-state index < -0.39 is 43.0 Å². The third-order valence-corrected chi connectivity index (χ3v) is 6.09. The second-order valence-electron chi connectivity index (χ2n) is 8.15. The number of hydrogen-bond acceptors (Lipinski definition) is 11. The first-order valence-electron chi connectivity index (χ1n) is 10.6. The predicted molar refractivity (Wildman–Crippen MR) is 114 cm³/mol. The van der Waals surface area contributed by atoms with Crippen molar-refractivity contribution in [2.24, 2.45) is 0 Å². The van der Waals surface area contributed by atoms with Gasteiger partial charge in [0.15, 0.2) is 23.2 Å². The molecule has 4 atom stereocenters. The quantitative estimate of drug-likeness (QED) is 0.293. The second-order valence-corrected chi connectivity index (χ2v) is 8.15. The number of fused-ring (bicyclic) bond motifs is 2. The SMILES string of the molecule is O=C1c2ccccc2C(=O)N1Cc1cn(-c2ncnc3c2ncn3[C@@H]2O[C@H](CO)[C@@H](O)[C@H]2O)nn1. The van der Waals surface area contributed by atoms with Crippen LogP contribution in [0.1, 0.15) is 32.6 Å². The Morgan fingerprint density at radius 3 is 2.43 bits per heavy atom. The number of rotatable bonds is 5. The van der Waals surface area contributed by atoms with Crippen LogP contribution in [0.2, 0.25) is 0 Å². The smallest absolute Gasteiger partial charge is 0.261 e. The summed E-state index contributed by atoms with van der Waals surface area (Å²) in [4.78, 5) is 39.1. The highest BCUT2D eigenvalue weighted by molar-refractivity contribution is 6.21. The summed E-state index contributed by atoms with van der Waals surface area (Å²) >= 11 is 0. The fourth-order valence-corrected chi connectivity index (χ4v) is 4.32. The number of aromatic nitrogens is 7. The molecule has 35 heavy (non-hydrogen) atoms. The van der Waals surface area contributed by atoms with Gasteiger partial charge in [-0.2, -0.15) is 4.68 Å². The Morgan fingerprint density at radius 1 is 1.00 bits per heavy atom. The Kier molecular flexibility index (Phi) is 4.89. The molecule has 178 valence electrons. The van der Waals surface area contributed by atoms with Gasteiger partial charge in [0.2, 0.25) is 0 Å². The normalized spacial score (nSPS) is 24.0. The summed E-state index contributed by atoms with van der Waals surface area (Å²) in [6.07, 6.45) is -0.382. The van der Waals surface area contributed by atoms with E-state index in [9.17, 15) is 24.9 Å². The minimum absolute atomic E-state index is 0.0719. The Labute approximate surface area is 196 Å². The molecule has 6 rings (SSSR count). The van der Waals surface area contributed by atoms with Crippen molar-refractivity contribution in [1.29, 1.82) is 0 Å². The molecule has 2 aliphatic rings. The van der Waals surface area contributed by atoms with E-state index in [4.69, 9.17) is 4.74 Å². The van der Waals surface area contributed by atoms with Gasteiger partial charge in [-0.1, -0.05) is 17.3 Å². The van der Waals surface area contributed by atoms with Crippen LogP contribution in [0.4, 0.5) is 0 Å². The zero-order valence-corrected chi connectivity index (χ0v) is 17.9. The zero-order valence-electron chi connectivity index (χ0n) is 17.9. The van der Waals surface area contributed by atoms with Crippen LogP contribution in [0, 0.1) is 0 Å². The van der Waals surface area contributed by atoms with Crippen LogP contribution < -0.4 is 0 Å². The molecule has 5 heterocycles. The molecule has 4 aromatic rings. The topological polar surface area (TPSA) is 182 Å². The number of carbonyl (C=O) groups is 2. The molecular weight excluding hydrogens is 460 g/mol. The van der Waals surface area contributed by atoms with Crippen molar-refractivity contribution in [1.82, 2.24) is 39.4 Å². The molecule has 1 fully saturated rings. The molecule has 0 saturated carbocycles. The molecule has 1 aromatic carbocycles. The summed E-state index contributed by atoms with van der Waals surface area (Å²) in [5, 5.41) is 37.9. The third kappa shape index (κ3) is 3.23. The van der Waals surface area contributed by atoms with Gasteiger partial charge in [-0.3, -0.25) is 19.1 Å². The molecule has 2 aliphatic heterocycles. The van der Waals surface area contributed by atoms with Crippen LogP contribution in [0.5, 0.6) is 0 Å². The highest BCUT2D eigenvalue weighted by Crippen LogP contribution is 2.32. The van der Waals surface area contributed by atoms with E-state index in [-0.39, 0.29) is 12.4 Å². The lowest BCUT2D eigenvalue weighted by atomic mass is 10.1. The van der Waals surface area contributed by atoms with Crippen LogP contribution in [-0.2, 0) is 11.3 Å². The summed E-state index contributed by atoms with van der Waals surface area (Å²) in [7, 11) is 0. The molecule has 3 aromatic heterocycles. The maximum Gasteiger partial charge on any atom is 0.261 e. The Bertz CT molecular complexity index is 1430. The minimum atomic E-state index is -1.31. The van der Waals surface area contributed by atoms with Crippen molar-refractivity contribution >= 4 is 23.0 Å². The predicted octanol–water partition coefficient (Wildman–Crippen LogP) is -1.19. The van der Waals surface area contributed by atoms with Gasteiger partial charge in [0.1, 0.15) is 30.3 Å². The molecule has 0 radical (unpaired) electrons. The first kappa shape index (κ1) is 21.4. The number of benzene rings is 1. The standard InChI is InChI=1S/C21H18N8O6/c30-7-13-15(31)16(32)21(35-13)28-9-24-14-17(28)22-8-23-18(14)29-6-10(25-26-29)5-27-19(33)11-3-1-2-4-12(11)20(27)34/h1-4,6,8-9,13,15-16,21,30-32H,5,7H2/t13-,15-,16-,21-/m1/s1. The molecule has 0 unspecified atom stereocenters. The number of nitrogens with zero attached hydrogens (tertiary/aromatic N) is 8. The number of imidazole rings is 1. The van der Waals surface area contributed by atoms with Crippen molar-refractivity contribution in [3.8, 4) is 5.82 Å². The third-order valence-electron chi connectivity index (χ3n) is 6.09. The van der Waals surface area contributed by atoms with Gasteiger partial charge >= 0.3 is 0 Å². The van der Waals surface area contributed by atoms with E-state index in [2.05, 4.69) is 25.3 Å². The van der Waals surface area contributed by atoms with Crippen molar-refractivity contribution < 1.29 is 29.6 Å². The van der Waals surface area contributed by atoms with Crippen molar-refractivity contribution in [2.45, 2.75) is 31.1 Å².